The summed E-state index contributed by atoms with van der Waals surface area (Å²) in [5.74, 6) is 2.18. The first kappa shape index (κ1) is 20.5. The summed E-state index contributed by atoms with van der Waals surface area (Å²) >= 11 is 0. The molecule has 2 saturated carbocycles. The van der Waals surface area contributed by atoms with Gasteiger partial charge in [-0.3, -0.25) is 0 Å². The third kappa shape index (κ3) is 3.94. The van der Waals surface area contributed by atoms with Crippen LogP contribution in [0.3, 0.4) is 0 Å². The molecule has 2 fully saturated rings. The molecule has 3 aromatic rings. The van der Waals surface area contributed by atoms with E-state index in [2.05, 4.69) is 5.16 Å². The normalized spacial score (nSPS) is 17.5. The van der Waals surface area contributed by atoms with Gasteiger partial charge < -0.3 is 9.26 Å². The summed E-state index contributed by atoms with van der Waals surface area (Å²) in [5.41, 5.74) is 3.66. The highest BCUT2D eigenvalue weighted by Crippen LogP contribution is 2.42. The Bertz CT molecular complexity index is 1240. The Balaban J connectivity index is 1.73. The molecule has 0 spiro atoms. The molecule has 0 saturated heterocycles. The molecule has 0 amide bonds. The molecule has 0 bridgehead atoms. The predicted molar refractivity (Wildman–Crippen MR) is 118 cm³/mol. The highest BCUT2D eigenvalue weighted by molar-refractivity contribution is 7.89. The molecular formula is C23H27N3O4S. The van der Waals surface area contributed by atoms with E-state index in [-0.39, 0.29) is 4.90 Å². The number of aryl methyl sites for hydroxylation is 2. The van der Waals surface area contributed by atoms with E-state index < -0.39 is 10.0 Å². The number of nitrogens with zero attached hydrogens (tertiary/aromatic N) is 2. The third-order valence-electron chi connectivity index (χ3n) is 6.47. The van der Waals surface area contributed by atoms with Crippen LogP contribution in [-0.4, -0.2) is 25.2 Å². The Labute approximate surface area is 182 Å². The maximum atomic E-state index is 12.6. The molecule has 31 heavy (non-hydrogen) atoms. The Kier molecular flexibility index (Phi) is 5.01. The van der Waals surface area contributed by atoms with E-state index in [1.807, 2.05) is 19.1 Å². The number of primary sulfonamides is 1. The number of fused-ring (bicyclic) bond motifs is 1. The molecule has 2 aliphatic rings. The molecule has 8 heteroatoms. The van der Waals surface area contributed by atoms with Crippen LogP contribution in [0, 0.1) is 19.8 Å². The van der Waals surface area contributed by atoms with Crippen molar-refractivity contribution in [2.45, 2.75) is 63.2 Å². The van der Waals surface area contributed by atoms with Crippen molar-refractivity contribution >= 4 is 20.9 Å². The summed E-state index contributed by atoms with van der Waals surface area (Å²) in [6.07, 6.45) is 6.84. The van der Waals surface area contributed by atoms with Crippen molar-refractivity contribution in [1.82, 2.24) is 10.1 Å². The molecule has 2 heterocycles. The van der Waals surface area contributed by atoms with E-state index in [1.165, 1.54) is 12.8 Å². The number of rotatable bonds is 6. The van der Waals surface area contributed by atoms with Crippen molar-refractivity contribution in [2.75, 3.05) is 6.61 Å². The molecule has 1 aromatic carbocycles. The largest absolute Gasteiger partial charge is 0.477 e. The van der Waals surface area contributed by atoms with Crippen molar-refractivity contribution < 1.29 is 17.7 Å². The summed E-state index contributed by atoms with van der Waals surface area (Å²) in [7, 11) is -3.97. The number of hydrogen-bond acceptors (Lipinski definition) is 6. The lowest BCUT2D eigenvalue weighted by atomic mass is 9.96. The van der Waals surface area contributed by atoms with Crippen LogP contribution in [0.25, 0.3) is 22.0 Å². The molecule has 7 nitrogen and oxygen atoms in total. The lowest BCUT2D eigenvalue weighted by molar-refractivity contribution is 0.284. The van der Waals surface area contributed by atoms with Crippen molar-refractivity contribution in [2.24, 2.45) is 11.1 Å². The fraction of sp³-hybridized carbons (Fsp3) is 0.478. The van der Waals surface area contributed by atoms with Gasteiger partial charge in [0, 0.05) is 16.5 Å². The van der Waals surface area contributed by atoms with Gasteiger partial charge in [-0.2, -0.15) is 0 Å². The molecule has 0 unspecified atom stereocenters. The Hall–Kier alpha value is -2.45. The lowest BCUT2D eigenvalue weighted by Crippen LogP contribution is -2.14. The zero-order valence-electron chi connectivity index (χ0n) is 17.8. The first-order valence-corrected chi connectivity index (χ1v) is 12.4. The number of nitrogens with two attached hydrogens (primary N) is 1. The standard InChI is InChI=1S/C23H27N3O4S/c1-13-22(14(2)30-26-13)17-9-20-19(21(10-17)31(24,27)28)11-18(16-5-3-4-6-16)23(25-20)29-12-15-7-8-15/h9-11,15-16H,3-8,12H2,1-2H3,(H2,24,27,28). The van der Waals surface area contributed by atoms with E-state index in [4.69, 9.17) is 19.4 Å². The summed E-state index contributed by atoms with van der Waals surface area (Å²) in [6, 6.07) is 5.42. The molecule has 0 aliphatic heterocycles. The monoisotopic (exact) mass is 441 g/mol. The van der Waals surface area contributed by atoms with Crippen LogP contribution in [0.1, 0.15) is 61.5 Å². The van der Waals surface area contributed by atoms with Crippen molar-refractivity contribution in [1.29, 1.82) is 0 Å². The molecule has 0 atom stereocenters. The first-order valence-electron chi connectivity index (χ1n) is 10.9. The zero-order valence-corrected chi connectivity index (χ0v) is 18.7. The molecule has 164 valence electrons. The molecule has 5 rings (SSSR count). The highest BCUT2D eigenvalue weighted by atomic mass is 32.2. The number of benzene rings is 1. The van der Waals surface area contributed by atoms with Crippen LogP contribution in [0.5, 0.6) is 5.88 Å². The minimum atomic E-state index is -3.97. The van der Waals surface area contributed by atoms with E-state index in [9.17, 15) is 8.42 Å². The van der Waals surface area contributed by atoms with Crippen LogP contribution in [0.4, 0.5) is 0 Å². The Morgan fingerprint density at radius 2 is 1.87 bits per heavy atom. The summed E-state index contributed by atoms with van der Waals surface area (Å²) in [4.78, 5) is 4.90. The van der Waals surface area contributed by atoms with Gasteiger partial charge in [0.25, 0.3) is 0 Å². The van der Waals surface area contributed by atoms with Gasteiger partial charge in [-0.1, -0.05) is 18.0 Å². The smallest absolute Gasteiger partial charge is 0.238 e. The number of ether oxygens (including phenoxy) is 1. The van der Waals surface area contributed by atoms with Gasteiger partial charge in [0.15, 0.2) is 0 Å². The van der Waals surface area contributed by atoms with Crippen molar-refractivity contribution in [3.63, 3.8) is 0 Å². The van der Waals surface area contributed by atoms with E-state index in [0.717, 1.165) is 36.8 Å². The van der Waals surface area contributed by atoms with Gasteiger partial charge >= 0.3 is 0 Å². The fourth-order valence-electron chi connectivity index (χ4n) is 4.64. The SMILES string of the molecule is Cc1noc(C)c1-c1cc(S(N)(=O)=O)c2cc(C3CCCC3)c(OCC3CC3)nc2c1. The first-order chi connectivity index (χ1) is 14.8. The Morgan fingerprint density at radius 3 is 2.48 bits per heavy atom. The summed E-state index contributed by atoms with van der Waals surface area (Å²) in [6.45, 7) is 4.29. The Morgan fingerprint density at radius 1 is 1.13 bits per heavy atom. The van der Waals surface area contributed by atoms with Gasteiger partial charge in [0.1, 0.15) is 5.76 Å². The van der Waals surface area contributed by atoms with Gasteiger partial charge in [-0.05, 0) is 75.1 Å². The van der Waals surface area contributed by atoms with Crippen LogP contribution < -0.4 is 9.88 Å². The van der Waals surface area contributed by atoms with E-state index >= 15 is 0 Å². The fourth-order valence-corrected chi connectivity index (χ4v) is 5.40. The van der Waals surface area contributed by atoms with Crippen molar-refractivity contribution in [3.05, 3.63) is 35.2 Å². The topological polar surface area (TPSA) is 108 Å². The van der Waals surface area contributed by atoms with Crippen LogP contribution in [-0.2, 0) is 10.0 Å². The molecule has 2 N–H and O–H groups in total. The predicted octanol–water partition coefficient (Wildman–Crippen LogP) is 4.60. The van der Waals surface area contributed by atoms with Crippen LogP contribution in [0.15, 0.2) is 27.6 Å². The maximum absolute atomic E-state index is 12.6. The zero-order chi connectivity index (χ0) is 21.8. The molecule has 2 aliphatic carbocycles. The third-order valence-corrected chi connectivity index (χ3v) is 7.42. The lowest BCUT2D eigenvalue weighted by Gasteiger charge is -2.18. The molecular weight excluding hydrogens is 414 g/mol. The molecule has 0 radical (unpaired) electrons. The number of hydrogen-bond donors (Lipinski definition) is 1. The number of aromatic nitrogens is 2. The second-order valence-corrected chi connectivity index (χ2v) is 10.4. The van der Waals surface area contributed by atoms with Gasteiger partial charge in [-0.25, -0.2) is 18.5 Å². The minimum absolute atomic E-state index is 0.0699. The van der Waals surface area contributed by atoms with E-state index in [0.29, 0.717) is 52.2 Å². The van der Waals surface area contributed by atoms with Crippen LogP contribution in [0.2, 0.25) is 0 Å². The second kappa shape index (κ2) is 7.60. The van der Waals surface area contributed by atoms with Gasteiger partial charge in [0.2, 0.25) is 15.9 Å². The molecule has 2 aromatic heterocycles. The average molecular weight is 442 g/mol. The summed E-state index contributed by atoms with van der Waals surface area (Å²) in [5, 5.41) is 10.2. The number of pyridine rings is 1. The van der Waals surface area contributed by atoms with Gasteiger partial charge in [-0.15, -0.1) is 0 Å². The summed E-state index contributed by atoms with van der Waals surface area (Å²) < 4.78 is 36.6. The second-order valence-electron chi connectivity index (χ2n) is 8.90. The quantitative estimate of drug-likeness (QED) is 0.599. The number of sulfonamides is 1. The minimum Gasteiger partial charge on any atom is -0.477 e. The van der Waals surface area contributed by atoms with E-state index in [1.54, 1.807) is 13.0 Å². The van der Waals surface area contributed by atoms with Crippen molar-refractivity contribution in [3.8, 4) is 17.0 Å². The highest BCUT2D eigenvalue weighted by Gasteiger charge is 2.28. The van der Waals surface area contributed by atoms with Gasteiger partial charge in [0.05, 0.1) is 22.7 Å². The van der Waals surface area contributed by atoms with Crippen LogP contribution >= 0.6 is 0 Å². The maximum Gasteiger partial charge on any atom is 0.238 e. The average Bonchev–Trinajstić information content (AvgIpc) is 3.27.